The van der Waals surface area contributed by atoms with Crippen LogP contribution in [0.5, 0.6) is 0 Å². The van der Waals surface area contributed by atoms with Crippen LogP contribution in [0.25, 0.3) is 5.57 Å². The van der Waals surface area contributed by atoms with E-state index in [4.69, 9.17) is 4.74 Å². The molecule has 170 valence electrons. The highest BCUT2D eigenvalue weighted by molar-refractivity contribution is 6.03. The number of rotatable bonds is 7. The van der Waals surface area contributed by atoms with Crippen molar-refractivity contribution in [2.75, 3.05) is 18.9 Å². The number of benzene rings is 1. The SMILES string of the molecule is C=C(NC(=O)C(=C)N1C/C(=C(/C)c2ccc(NC)cc2)CC1=O)C(=O)OC1(C)CCCC1. The summed E-state index contributed by atoms with van der Waals surface area (Å²) in [5, 5.41) is 5.51. The number of nitrogens with zero attached hydrogens (tertiary/aromatic N) is 1. The first-order valence-electron chi connectivity index (χ1n) is 10.8. The Morgan fingerprint density at radius 1 is 1.12 bits per heavy atom. The molecule has 0 spiro atoms. The molecule has 32 heavy (non-hydrogen) atoms. The molecule has 2 fully saturated rings. The fourth-order valence-corrected chi connectivity index (χ4v) is 4.09. The summed E-state index contributed by atoms with van der Waals surface area (Å²) < 4.78 is 5.53. The second kappa shape index (κ2) is 9.42. The Bertz CT molecular complexity index is 985. The summed E-state index contributed by atoms with van der Waals surface area (Å²) in [6, 6.07) is 7.92. The van der Waals surface area contributed by atoms with Crippen molar-refractivity contribution in [1.82, 2.24) is 10.2 Å². The quantitative estimate of drug-likeness (QED) is 0.501. The van der Waals surface area contributed by atoms with Crippen LogP contribution < -0.4 is 10.6 Å². The number of anilines is 1. The number of nitrogens with one attached hydrogen (secondary N) is 2. The second-order valence-electron chi connectivity index (χ2n) is 8.64. The molecule has 1 aliphatic heterocycles. The molecule has 2 amide bonds. The maximum absolute atomic E-state index is 12.6. The van der Waals surface area contributed by atoms with Crippen LogP contribution in [-0.4, -0.2) is 41.9 Å². The van der Waals surface area contributed by atoms with Crippen LogP contribution >= 0.6 is 0 Å². The lowest BCUT2D eigenvalue weighted by Gasteiger charge is -2.25. The van der Waals surface area contributed by atoms with E-state index in [1.54, 1.807) is 0 Å². The molecule has 7 nitrogen and oxygen atoms in total. The molecular weight excluding hydrogens is 406 g/mol. The van der Waals surface area contributed by atoms with Crippen LogP contribution in [-0.2, 0) is 19.1 Å². The predicted molar refractivity (Wildman–Crippen MR) is 124 cm³/mol. The van der Waals surface area contributed by atoms with E-state index in [1.165, 1.54) is 4.90 Å². The Labute approximate surface area is 189 Å². The maximum atomic E-state index is 12.6. The third-order valence-corrected chi connectivity index (χ3v) is 6.25. The summed E-state index contributed by atoms with van der Waals surface area (Å²) in [5.41, 5.74) is 3.23. The highest BCUT2D eigenvalue weighted by atomic mass is 16.6. The van der Waals surface area contributed by atoms with E-state index in [-0.39, 0.29) is 30.3 Å². The van der Waals surface area contributed by atoms with Crippen molar-refractivity contribution < 1.29 is 19.1 Å². The van der Waals surface area contributed by atoms with Crippen molar-refractivity contribution in [2.45, 2.75) is 51.6 Å². The van der Waals surface area contributed by atoms with Crippen LogP contribution in [0.3, 0.4) is 0 Å². The molecule has 0 bridgehead atoms. The van der Waals surface area contributed by atoms with E-state index in [0.717, 1.165) is 48.1 Å². The topological polar surface area (TPSA) is 87.7 Å². The van der Waals surface area contributed by atoms with Crippen molar-refractivity contribution in [2.24, 2.45) is 0 Å². The van der Waals surface area contributed by atoms with Gasteiger partial charge in [0.1, 0.15) is 17.0 Å². The van der Waals surface area contributed by atoms with E-state index in [0.29, 0.717) is 0 Å². The van der Waals surface area contributed by atoms with Gasteiger partial charge in [-0.3, -0.25) is 9.59 Å². The van der Waals surface area contributed by atoms with E-state index in [9.17, 15) is 14.4 Å². The van der Waals surface area contributed by atoms with Gasteiger partial charge in [-0.05, 0) is 68.4 Å². The Kier molecular flexibility index (Phi) is 6.87. The van der Waals surface area contributed by atoms with Gasteiger partial charge in [0.05, 0.1) is 6.42 Å². The number of amides is 2. The molecule has 1 aromatic carbocycles. The summed E-state index contributed by atoms with van der Waals surface area (Å²) in [7, 11) is 1.86. The van der Waals surface area contributed by atoms with Crippen molar-refractivity contribution >= 4 is 29.0 Å². The Morgan fingerprint density at radius 3 is 2.34 bits per heavy atom. The lowest BCUT2D eigenvalue weighted by Crippen LogP contribution is -2.38. The molecule has 1 aromatic rings. The van der Waals surface area contributed by atoms with Crippen LogP contribution in [0.1, 0.15) is 51.5 Å². The summed E-state index contributed by atoms with van der Waals surface area (Å²) in [4.78, 5) is 38.9. The van der Waals surface area contributed by atoms with Crippen LogP contribution in [0.2, 0.25) is 0 Å². The molecule has 0 aromatic heterocycles. The molecule has 1 heterocycles. The fraction of sp³-hybridized carbons (Fsp3) is 0.400. The summed E-state index contributed by atoms with van der Waals surface area (Å²) in [6.45, 7) is 11.5. The Balaban J connectivity index is 1.62. The molecule has 2 aliphatic rings. The molecule has 7 heteroatoms. The zero-order valence-corrected chi connectivity index (χ0v) is 19.0. The number of allylic oxidation sites excluding steroid dienone is 1. The minimum absolute atomic E-state index is 0.0237. The first-order valence-corrected chi connectivity index (χ1v) is 10.8. The molecule has 0 unspecified atom stereocenters. The summed E-state index contributed by atoms with van der Waals surface area (Å²) >= 11 is 0. The van der Waals surface area contributed by atoms with Crippen LogP contribution in [0.4, 0.5) is 5.69 Å². The molecule has 0 radical (unpaired) electrons. The molecule has 3 rings (SSSR count). The van der Waals surface area contributed by atoms with Gasteiger partial charge < -0.3 is 20.3 Å². The molecular formula is C25H31N3O4. The first-order chi connectivity index (χ1) is 15.1. The second-order valence-corrected chi connectivity index (χ2v) is 8.64. The minimum Gasteiger partial charge on any atom is -0.455 e. The molecule has 0 atom stereocenters. The fourth-order valence-electron chi connectivity index (χ4n) is 4.09. The number of ether oxygens (including phenoxy) is 1. The van der Waals surface area contributed by atoms with Gasteiger partial charge in [0.2, 0.25) is 5.91 Å². The molecule has 1 aliphatic carbocycles. The van der Waals surface area contributed by atoms with Gasteiger partial charge in [-0.1, -0.05) is 25.3 Å². The molecule has 1 saturated carbocycles. The van der Waals surface area contributed by atoms with Gasteiger partial charge in [-0.2, -0.15) is 0 Å². The third kappa shape index (κ3) is 5.10. The van der Waals surface area contributed by atoms with Crippen LogP contribution in [0, 0.1) is 0 Å². The van der Waals surface area contributed by atoms with E-state index in [2.05, 4.69) is 23.8 Å². The maximum Gasteiger partial charge on any atom is 0.354 e. The normalized spacial score (nSPS) is 18.8. The van der Waals surface area contributed by atoms with Crippen molar-refractivity contribution in [1.29, 1.82) is 0 Å². The monoisotopic (exact) mass is 437 g/mol. The van der Waals surface area contributed by atoms with Gasteiger partial charge in [-0.15, -0.1) is 0 Å². The predicted octanol–water partition coefficient (Wildman–Crippen LogP) is 3.75. The van der Waals surface area contributed by atoms with Crippen LogP contribution in [0.15, 0.2) is 54.4 Å². The third-order valence-electron chi connectivity index (χ3n) is 6.25. The lowest BCUT2D eigenvalue weighted by atomic mass is 10.0. The van der Waals surface area contributed by atoms with E-state index in [1.807, 2.05) is 45.2 Å². The first kappa shape index (κ1) is 23.3. The number of hydrogen-bond donors (Lipinski definition) is 2. The van der Waals surface area contributed by atoms with Crippen molar-refractivity contribution in [3.63, 3.8) is 0 Å². The Morgan fingerprint density at radius 2 is 1.75 bits per heavy atom. The van der Waals surface area contributed by atoms with Gasteiger partial charge >= 0.3 is 5.97 Å². The summed E-state index contributed by atoms with van der Waals surface area (Å²) in [6.07, 6.45) is 3.81. The average molecular weight is 438 g/mol. The Hall–Kier alpha value is -3.35. The van der Waals surface area contributed by atoms with Gasteiger partial charge in [-0.25, -0.2) is 4.79 Å². The molecule has 1 saturated heterocycles. The number of esters is 1. The number of carbonyl (C=O) groups excluding carboxylic acids is 3. The van der Waals surface area contributed by atoms with E-state index < -0.39 is 17.5 Å². The van der Waals surface area contributed by atoms with Gasteiger partial charge in [0.15, 0.2) is 0 Å². The zero-order chi connectivity index (χ0) is 23.5. The van der Waals surface area contributed by atoms with Gasteiger partial charge in [0.25, 0.3) is 5.91 Å². The average Bonchev–Trinajstić information content (AvgIpc) is 3.38. The van der Waals surface area contributed by atoms with Gasteiger partial charge in [0, 0.05) is 19.3 Å². The highest BCUT2D eigenvalue weighted by Gasteiger charge is 2.34. The lowest BCUT2D eigenvalue weighted by molar-refractivity contribution is -0.153. The van der Waals surface area contributed by atoms with Crippen molar-refractivity contribution in [3.8, 4) is 0 Å². The largest absolute Gasteiger partial charge is 0.455 e. The number of likely N-dealkylation sites (tertiary alicyclic amines) is 1. The van der Waals surface area contributed by atoms with Crippen molar-refractivity contribution in [3.05, 3.63) is 60.0 Å². The zero-order valence-electron chi connectivity index (χ0n) is 19.0. The standard InChI is InChI=1S/C25H31N3O4/c1-16(19-8-10-21(26-5)11-9-19)20-14-22(29)28(15-20)18(3)23(30)27-17(2)24(31)32-25(4)12-6-7-13-25/h8-11,26H,2-3,6-7,12-15H2,1,4-5H3,(H,27,30)/b20-16-. The minimum atomic E-state index is -0.662. The van der Waals surface area contributed by atoms with E-state index >= 15 is 0 Å². The highest BCUT2D eigenvalue weighted by Crippen LogP contribution is 2.33. The number of hydrogen-bond acceptors (Lipinski definition) is 5. The molecule has 2 N–H and O–H groups in total. The summed E-state index contributed by atoms with van der Waals surface area (Å²) in [5.74, 6) is -1.52. The smallest absolute Gasteiger partial charge is 0.354 e. The number of carbonyl (C=O) groups is 3.